The van der Waals surface area contributed by atoms with Gasteiger partial charge in [0, 0.05) is 24.1 Å². The Balaban J connectivity index is 1.83. The molecule has 3 rings (SSSR count). The van der Waals surface area contributed by atoms with Crippen molar-refractivity contribution in [3.8, 4) is 0 Å². The first-order valence-corrected chi connectivity index (χ1v) is 7.39. The summed E-state index contributed by atoms with van der Waals surface area (Å²) in [6.45, 7) is 2.10. The number of nitrogens with zero attached hydrogens (tertiary/aromatic N) is 2. The molecule has 1 aliphatic rings. The minimum atomic E-state index is 0.581. The SMILES string of the molecule is Cc1ccc(Cc2nc(N)cc(C3CCCC3)n2)cc1. The summed E-state index contributed by atoms with van der Waals surface area (Å²) in [5.74, 6) is 2.02. The highest BCUT2D eigenvalue weighted by Gasteiger charge is 2.19. The molecule has 3 heteroatoms. The molecular formula is C17H21N3. The molecule has 0 bridgehead atoms. The van der Waals surface area contributed by atoms with E-state index >= 15 is 0 Å². The van der Waals surface area contributed by atoms with Gasteiger partial charge in [0.1, 0.15) is 11.6 Å². The number of hydrogen-bond donors (Lipinski definition) is 1. The maximum absolute atomic E-state index is 5.95. The lowest BCUT2D eigenvalue weighted by Crippen LogP contribution is -2.06. The van der Waals surface area contributed by atoms with Crippen molar-refractivity contribution in [1.82, 2.24) is 9.97 Å². The predicted octanol–water partition coefficient (Wildman–Crippen LogP) is 3.62. The van der Waals surface area contributed by atoms with E-state index in [2.05, 4.69) is 36.2 Å². The number of aryl methyl sites for hydroxylation is 1. The van der Waals surface area contributed by atoms with E-state index in [1.807, 2.05) is 6.07 Å². The number of rotatable bonds is 3. The third kappa shape index (κ3) is 2.98. The average Bonchev–Trinajstić information content (AvgIpc) is 2.95. The van der Waals surface area contributed by atoms with Gasteiger partial charge in [-0.05, 0) is 25.3 Å². The molecule has 1 heterocycles. The minimum Gasteiger partial charge on any atom is -0.384 e. The van der Waals surface area contributed by atoms with Crippen LogP contribution in [-0.2, 0) is 6.42 Å². The fourth-order valence-electron chi connectivity index (χ4n) is 2.94. The van der Waals surface area contributed by atoms with Gasteiger partial charge in [0.25, 0.3) is 0 Å². The highest BCUT2D eigenvalue weighted by atomic mass is 14.9. The summed E-state index contributed by atoms with van der Waals surface area (Å²) < 4.78 is 0. The van der Waals surface area contributed by atoms with Crippen LogP contribution >= 0.6 is 0 Å². The summed E-state index contributed by atoms with van der Waals surface area (Å²) in [7, 11) is 0. The maximum atomic E-state index is 5.95. The molecule has 1 saturated carbocycles. The van der Waals surface area contributed by atoms with Gasteiger partial charge in [0.05, 0.1) is 0 Å². The molecule has 2 N–H and O–H groups in total. The normalized spacial score (nSPS) is 15.7. The van der Waals surface area contributed by atoms with Gasteiger partial charge in [-0.15, -0.1) is 0 Å². The Morgan fingerprint density at radius 3 is 2.50 bits per heavy atom. The molecule has 20 heavy (non-hydrogen) atoms. The minimum absolute atomic E-state index is 0.581. The van der Waals surface area contributed by atoms with Crippen LogP contribution in [0.1, 0.15) is 54.2 Å². The molecule has 0 aliphatic heterocycles. The van der Waals surface area contributed by atoms with E-state index in [0.717, 1.165) is 17.9 Å². The van der Waals surface area contributed by atoms with Crippen molar-refractivity contribution in [3.63, 3.8) is 0 Å². The molecule has 104 valence electrons. The third-order valence-corrected chi connectivity index (χ3v) is 4.07. The Hall–Kier alpha value is -1.90. The predicted molar refractivity (Wildman–Crippen MR) is 81.6 cm³/mol. The van der Waals surface area contributed by atoms with Crippen molar-refractivity contribution in [1.29, 1.82) is 0 Å². The molecule has 0 amide bonds. The van der Waals surface area contributed by atoms with Crippen LogP contribution in [0.2, 0.25) is 0 Å². The number of hydrogen-bond acceptors (Lipinski definition) is 3. The van der Waals surface area contributed by atoms with Crippen LogP contribution < -0.4 is 5.73 Å². The molecular weight excluding hydrogens is 246 g/mol. The summed E-state index contributed by atoms with van der Waals surface area (Å²) in [5.41, 5.74) is 9.60. The lowest BCUT2D eigenvalue weighted by molar-refractivity contribution is 0.687. The second-order valence-corrected chi connectivity index (χ2v) is 5.78. The molecule has 0 spiro atoms. The first-order chi connectivity index (χ1) is 9.70. The van der Waals surface area contributed by atoms with Crippen LogP contribution in [0.3, 0.4) is 0 Å². The summed E-state index contributed by atoms with van der Waals surface area (Å²) in [4.78, 5) is 9.13. The number of benzene rings is 1. The van der Waals surface area contributed by atoms with Gasteiger partial charge in [0.2, 0.25) is 0 Å². The van der Waals surface area contributed by atoms with Gasteiger partial charge < -0.3 is 5.73 Å². The zero-order valence-electron chi connectivity index (χ0n) is 12.0. The van der Waals surface area contributed by atoms with Crippen molar-refractivity contribution in [3.05, 3.63) is 53.0 Å². The maximum Gasteiger partial charge on any atom is 0.135 e. The second-order valence-electron chi connectivity index (χ2n) is 5.78. The topological polar surface area (TPSA) is 51.8 Å². The Kier molecular flexibility index (Phi) is 3.68. The first kappa shape index (κ1) is 13.1. The zero-order chi connectivity index (χ0) is 13.9. The van der Waals surface area contributed by atoms with E-state index in [-0.39, 0.29) is 0 Å². The van der Waals surface area contributed by atoms with Crippen LogP contribution in [0.25, 0.3) is 0 Å². The quantitative estimate of drug-likeness (QED) is 0.924. The summed E-state index contributed by atoms with van der Waals surface area (Å²) in [6.07, 6.45) is 5.84. The van der Waals surface area contributed by atoms with E-state index in [4.69, 9.17) is 10.7 Å². The standard InChI is InChI=1S/C17H21N3/c1-12-6-8-13(9-7-12)10-17-19-15(11-16(18)20-17)14-4-2-3-5-14/h6-9,11,14H,2-5,10H2,1H3,(H2,18,19,20). The molecule has 0 radical (unpaired) electrons. The van der Waals surface area contributed by atoms with Crippen LogP contribution in [0.5, 0.6) is 0 Å². The van der Waals surface area contributed by atoms with Gasteiger partial charge in [-0.3, -0.25) is 0 Å². The van der Waals surface area contributed by atoms with Crippen molar-refractivity contribution in [2.45, 2.75) is 44.9 Å². The number of anilines is 1. The lowest BCUT2D eigenvalue weighted by atomic mass is 10.0. The van der Waals surface area contributed by atoms with Gasteiger partial charge in [-0.1, -0.05) is 42.7 Å². The van der Waals surface area contributed by atoms with Crippen LogP contribution in [0.4, 0.5) is 5.82 Å². The van der Waals surface area contributed by atoms with Crippen LogP contribution in [0.15, 0.2) is 30.3 Å². The second kappa shape index (κ2) is 5.61. The van der Waals surface area contributed by atoms with Gasteiger partial charge in [-0.2, -0.15) is 0 Å². The van der Waals surface area contributed by atoms with E-state index in [0.29, 0.717) is 11.7 Å². The lowest BCUT2D eigenvalue weighted by Gasteiger charge is -2.11. The van der Waals surface area contributed by atoms with Crippen LogP contribution in [-0.4, -0.2) is 9.97 Å². The molecule has 2 aromatic rings. The average molecular weight is 267 g/mol. The van der Waals surface area contributed by atoms with Crippen molar-refractivity contribution in [2.24, 2.45) is 0 Å². The molecule has 0 unspecified atom stereocenters. The molecule has 3 nitrogen and oxygen atoms in total. The van der Waals surface area contributed by atoms with E-state index < -0.39 is 0 Å². The summed E-state index contributed by atoms with van der Waals surface area (Å²) in [5, 5.41) is 0. The molecule has 1 aromatic heterocycles. The fourth-order valence-corrected chi connectivity index (χ4v) is 2.94. The first-order valence-electron chi connectivity index (χ1n) is 7.39. The van der Waals surface area contributed by atoms with E-state index in [9.17, 15) is 0 Å². The monoisotopic (exact) mass is 267 g/mol. The summed E-state index contributed by atoms with van der Waals surface area (Å²) >= 11 is 0. The number of aromatic nitrogens is 2. The molecule has 1 aliphatic carbocycles. The Morgan fingerprint density at radius 2 is 1.80 bits per heavy atom. The highest BCUT2D eigenvalue weighted by Crippen LogP contribution is 2.33. The van der Waals surface area contributed by atoms with Gasteiger partial charge in [-0.25, -0.2) is 9.97 Å². The molecule has 1 fully saturated rings. The molecule has 1 aromatic carbocycles. The molecule has 0 atom stereocenters. The summed E-state index contributed by atoms with van der Waals surface area (Å²) in [6, 6.07) is 10.5. The Morgan fingerprint density at radius 1 is 1.10 bits per heavy atom. The molecule has 0 saturated heterocycles. The smallest absolute Gasteiger partial charge is 0.135 e. The van der Waals surface area contributed by atoms with Gasteiger partial charge >= 0.3 is 0 Å². The van der Waals surface area contributed by atoms with Crippen molar-refractivity contribution >= 4 is 5.82 Å². The van der Waals surface area contributed by atoms with Crippen molar-refractivity contribution < 1.29 is 0 Å². The number of nitrogen functional groups attached to an aromatic ring is 1. The fraction of sp³-hybridized carbons (Fsp3) is 0.412. The highest BCUT2D eigenvalue weighted by molar-refractivity contribution is 5.33. The van der Waals surface area contributed by atoms with E-state index in [1.165, 1.54) is 36.8 Å². The Bertz CT molecular complexity index is 584. The largest absolute Gasteiger partial charge is 0.384 e. The zero-order valence-corrected chi connectivity index (χ0v) is 12.0. The van der Waals surface area contributed by atoms with Gasteiger partial charge in [0.15, 0.2) is 0 Å². The Labute approximate surface area is 120 Å². The van der Waals surface area contributed by atoms with Crippen molar-refractivity contribution in [2.75, 3.05) is 5.73 Å². The number of nitrogens with two attached hydrogens (primary N) is 1. The third-order valence-electron chi connectivity index (χ3n) is 4.07. The van der Waals surface area contributed by atoms with E-state index in [1.54, 1.807) is 0 Å². The van der Waals surface area contributed by atoms with Crippen LogP contribution in [0, 0.1) is 6.92 Å².